The van der Waals surface area contributed by atoms with Gasteiger partial charge in [-0.25, -0.2) is 16.8 Å². The molecule has 2 aromatic rings. The fraction of sp³-hybridized carbons (Fsp3) is 0.250. The van der Waals surface area contributed by atoms with Crippen molar-refractivity contribution in [2.75, 3.05) is 6.61 Å². The van der Waals surface area contributed by atoms with E-state index >= 15 is 0 Å². The second-order valence-corrected chi connectivity index (χ2v) is 9.13. The molecular formula is C16H16FNO5S2. The van der Waals surface area contributed by atoms with Gasteiger partial charge in [0.25, 0.3) is 10.0 Å². The predicted molar refractivity (Wildman–Crippen MR) is 87.4 cm³/mol. The van der Waals surface area contributed by atoms with E-state index in [1.165, 1.54) is 36.4 Å². The first kappa shape index (κ1) is 18.0. The summed E-state index contributed by atoms with van der Waals surface area (Å²) in [5.41, 5.74) is 0. The van der Waals surface area contributed by atoms with Gasteiger partial charge in [-0.2, -0.15) is 0 Å². The Morgan fingerprint density at radius 2 is 1.52 bits per heavy atom. The average molecular weight is 385 g/mol. The van der Waals surface area contributed by atoms with E-state index in [4.69, 9.17) is 4.74 Å². The summed E-state index contributed by atoms with van der Waals surface area (Å²) in [4.78, 5) is -1.15. The van der Waals surface area contributed by atoms with Crippen LogP contribution in [-0.2, 0) is 24.6 Å². The Balaban J connectivity index is 2.10. The second kappa shape index (κ2) is 6.83. The van der Waals surface area contributed by atoms with Gasteiger partial charge in [0.05, 0.1) is 9.79 Å². The van der Waals surface area contributed by atoms with E-state index < -0.39 is 35.9 Å². The summed E-state index contributed by atoms with van der Waals surface area (Å²) in [6.07, 6.45) is -0.494. The highest BCUT2D eigenvalue weighted by Crippen LogP contribution is 2.31. The van der Waals surface area contributed by atoms with Gasteiger partial charge in [-0.3, -0.25) is 0 Å². The van der Waals surface area contributed by atoms with E-state index in [0.717, 1.165) is 12.1 Å². The zero-order valence-electron chi connectivity index (χ0n) is 13.1. The molecule has 1 aliphatic rings. The van der Waals surface area contributed by atoms with Gasteiger partial charge in [-0.05, 0) is 41.6 Å². The van der Waals surface area contributed by atoms with Crippen molar-refractivity contribution in [2.45, 2.75) is 33.8 Å². The van der Waals surface area contributed by atoms with Crippen molar-refractivity contribution < 1.29 is 26.1 Å². The Morgan fingerprint density at radius 1 is 0.920 bits per heavy atom. The second-order valence-electron chi connectivity index (χ2n) is 5.48. The Hall–Kier alpha value is -1.81. The summed E-state index contributed by atoms with van der Waals surface area (Å²) in [6.45, 7) is 0.255. The van der Waals surface area contributed by atoms with Crippen LogP contribution < -0.4 is 0 Å². The lowest BCUT2D eigenvalue weighted by atomic mass is 10.3. The van der Waals surface area contributed by atoms with Crippen molar-refractivity contribution in [3.63, 3.8) is 0 Å². The molecule has 3 rings (SSSR count). The first-order chi connectivity index (χ1) is 11.8. The minimum Gasteiger partial charge on any atom is -0.359 e. The molecule has 0 N–H and O–H groups in total. The molecular weight excluding hydrogens is 369 g/mol. The average Bonchev–Trinajstić information content (AvgIpc) is 3.16. The van der Waals surface area contributed by atoms with Crippen molar-refractivity contribution in [3.8, 4) is 0 Å². The van der Waals surface area contributed by atoms with Gasteiger partial charge < -0.3 is 4.74 Å². The zero-order valence-corrected chi connectivity index (χ0v) is 14.7. The minimum atomic E-state index is -4.68. The number of benzene rings is 2. The molecule has 0 bridgehead atoms. The van der Waals surface area contributed by atoms with E-state index in [-0.39, 0.29) is 22.5 Å². The highest BCUT2D eigenvalue weighted by Gasteiger charge is 2.38. The van der Waals surface area contributed by atoms with Gasteiger partial charge in [0.15, 0.2) is 6.23 Å². The summed E-state index contributed by atoms with van der Waals surface area (Å²) < 4.78 is 70.0. The molecule has 1 aliphatic heterocycles. The SMILES string of the molecule is O=S(=O)(c1ccccc1)c1ccccc1S(=O)(=O)N(F)C1CCCO1. The van der Waals surface area contributed by atoms with Crippen molar-refractivity contribution in [1.29, 1.82) is 0 Å². The summed E-state index contributed by atoms with van der Waals surface area (Å²) in [5, 5.41) is 0. The minimum absolute atomic E-state index is 0.0693. The first-order valence-corrected chi connectivity index (χ1v) is 10.5. The van der Waals surface area contributed by atoms with Crippen molar-refractivity contribution in [3.05, 3.63) is 54.6 Å². The maximum absolute atomic E-state index is 14.5. The molecule has 1 atom stereocenters. The Bertz CT molecular complexity index is 955. The van der Waals surface area contributed by atoms with Crippen LogP contribution in [0.5, 0.6) is 0 Å². The number of sulfone groups is 1. The van der Waals surface area contributed by atoms with Crippen LogP contribution in [0.3, 0.4) is 0 Å². The summed E-state index contributed by atoms with van der Waals surface area (Å²) in [5.74, 6) is 0. The van der Waals surface area contributed by atoms with Crippen LogP contribution in [0, 0.1) is 0 Å². The maximum atomic E-state index is 14.5. The Morgan fingerprint density at radius 3 is 2.12 bits per heavy atom. The van der Waals surface area contributed by atoms with E-state index in [1.54, 1.807) is 6.07 Å². The lowest BCUT2D eigenvalue weighted by Crippen LogP contribution is -2.34. The third kappa shape index (κ3) is 3.32. The number of rotatable bonds is 5. The molecule has 134 valence electrons. The Labute approximate surface area is 145 Å². The third-order valence-electron chi connectivity index (χ3n) is 3.83. The van der Waals surface area contributed by atoms with Crippen LogP contribution in [0.25, 0.3) is 0 Å². The van der Waals surface area contributed by atoms with Gasteiger partial charge in [0.1, 0.15) is 4.90 Å². The number of ether oxygens (including phenoxy) is 1. The van der Waals surface area contributed by atoms with Crippen LogP contribution >= 0.6 is 0 Å². The molecule has 1 fully saturated rings. The quantitative estimate of drug-likeness (QED) is 0.739. The molecule has 0 spiro atoms. The number of sulfonamides is 1. The molecule has 0 aliphatic carbocycles. The van der Waals surface area contributed by atoms with Gasteiger partial charge >= 0.3 is 0 Å². The molecule has 0 saturated carbocycles. The highest BCUT2D eigenvalue weighted by molar-refractivity contribution is 7.93. The highest BCUT2D eigenvalue weighted by atomic mass is 32.2. The molecule has 6 nitrogen and oxygen atoms in total. The van der Waals surface area contributed by atoms with Crippen LogP contribution in [0.1, 0.15) is 12.8 Å². The number of halogens is 1. The Kier molecular flexibility index (Phi) is 4.92. The predicted octanol–water partition coefficient (Wildman–Crippen LogP) is 2.53. The monoisotopic (exact) mass is 385 g/mol. The van der Waals surface area contributed by atoms with Gasteiger partial charge in [-0.15, -0.1) is 4.48 Å². The van der Waals surface area contributed by atoms with Gasteiger partial charge in [-0.1, -0.05) is 30.3 Å². The maximum Gasteiger partial charge on any atom is 0.272 e. The molecule has 1 heterocycles. The number of nitrogens with zero attached hydrogens (tertiary/aromatic N) is 1. The van der Waals surface area contributed by atoms with Gasteiger partial charge in [0, 0.05) is 6.61 Å². The molecule has 0 amide bonds. The summed E-state index contributed by atoms with van der Waals surface area (Å²) in [6, 6.07) is 12.4. The van der Waals surface area contributed by atoms with E-state index in [9.17, 15) is 21.3 Å². The van der Waals surface area contributed by atoms with Crippen molar-refractivity contribution in [2.24, 2.45) is 0 Å². The summed E-state index contributed by atoms with van der Waals surface area (Å²) in [7, 11) is -8.80. The molecule has 0 radical (unpaired) electrons. The van der Waals surface area contributed by atoms with E-state index in [0.29, 0.717) is 6.42 Å². The number of hydrogen-bond donors (Lipinski definition) is 0. The lowest BCUT2D eigenvalue weighted by molar-refractivity contribution is -0.0624. The van der Waals surface area contributed by atoms with Crippen LogP contribution in [0.2, 0.25) is 0 Å². The fourth-order valence-electron chi connectivity index (χ4n) is 2.58. The van der Waals surface area contributed by atoms with E-state index in [1.807, 2.05) is 0 Å². The first-order valence-electron chi connectivity index (χ1n) is 7.56. The van der Waals surface area contributed by atoms with Gasteiger partial charge in [0.2, 0.25) is 9.84 Å². The van der Waals surface area contributed by atoms with Crippen molar-refractivity contribution in [1.82, 2.24) is 4.53 Å². The molecule has 9 heteroatoms. The van der Waals surface area contributed by atoms with E-state index in [2.05, 4.69) is 0 Å². The molecule has 0 aromatic heterocycles. The topological polar surface area (TPSA) is 80.8 Å². The lowest BCUT2D eigenvalue weighted by Gasteiger charge is -2.19. The zero-order chi connectivity index (χ0) is 18.1. The smallest absolute Gasteiger partial charge is 0.272 e. The largest absolute Gasteiger partial charge is 0.359 e. The third-order valence-corrected chi connectivity index (χ3v) is 7.39. The molecule has 1 saturated heterocycles. The standard InChI is InChI=1S/C16H16FNO5S2/c17-18(16-11-6-12-23-16)25(21,22)15-10-5-4-9-14(15)24(19,20)13-7-2-1-3-8-13/h1-5,7-10,16H,6,11-12H2. The van der Waals surface area contributed by atoms with Crippen LogP contribution in [0.4, 0.5) is 4.48 Å². The normalized spacial score (nSPS) is 18.6. The fourth-order valence-corrected chi connectivity index (χ4v) is 5.82. The van der Waals surface area contributed by atoms with Crippen molar-refractivity contribution >= 4 is 19.9 Å². The molecule has 2 aromatic carbocycles. The molecule has 1 unspecified atom stereocenters. The summed E-state index contributed by atoms with van der Waals surface area (Å²) >= 11 is 0. The van der Waals surface area contributed by atoms with Crippen LogP contribution in [0.15, 0.2) is 69.3 Å². The molecule has 25 heavy (non-hydrogen) atoms. The van der Waals surface area contributed by atoms with Crippen LogP contribution in [-0.4, -0.2) is 34.2 Å². The number of hydrogen-bond acceptors (Lipinski definition) is 5.